The van der Waals surface area contributed by atoms with Gasteiger partial charge >= 0.3 is 0 Å². The predicted octanol–water partition coefficient (Wildman–Crippen LogP) is 3.08. The van der Waals surface area contributed by atoms with E-state index in [1.807, 2.05) is 12.3 Å². The minimum Gasteiger partial charge on any atom is -0.381 e. The van der Waals surface area contributed by atoms with Crippen molar-refractivity contribution in [2.75, 3.05) is 38.7 Å². The lowest BCUT2D eigenvalue weighted by Crippen LogP contribution is -2.50. The van der Waals surface area contributed by atoms with Gasteiger partial charge in [0.2, 0.25) is 11.9 Å². The fourth-order valence-corrected chi connectivity index (χ4v) is 5.55. The summed E-state index contributed by atoms with van der Waals surface area (Å²) in [6.07, 6.45) is 5.59. The van der Waals surface area contributed by atoms with Crippen LogP contribution in [-0.2, 0) is 22.5 Å². The zero-order valence-electron chi connectivity index (χ0n) is 19.7. The molecule has 3 aliphatic rings. The van der Waals surface area contributed by atoms with Crippen LogP contribution in [0.5, 0.6) is 0 Å². The summed E-state index contributed by atoms with van der Waals surface area (Å²) in [5, 5.41) is 3.47. The van der Waals surface area contributed by atoms with Gasteiger partial charge in [0.05, 0.1) is 12.2 Å². The molecule has 3 aliphatic heterocycles. The van der Waals surface area contributed by atoms with Crippen LogP contribution < -0.4 is 5.32 Å². The van der Waals surface area contributed by atoms with Gasteiger partial charge in [-0.15, -0.1) is 0 Å². The lowest BCUT2D eigenvalue weighted by Gasteiger charge is -2.42. The van der Waals surface area contributed by atoms with Crippen molar-refractivity contribution in [1.82, 2.24) is 19.8 Å². The van der Waals surface area contributed by atoms with E-state index in [-0.39, 0.29) is 23.8 Å². The number of likely N-dealkylation sites (N-methyl/N-ethyl adjacent to an activating group) is 1. The average molecular weight is 450 g/mol. The quantitative estimate of drug-likeness (QED) is 0.774. The van der Waals surface area contributed by atoms with Crippen molar-refractivity contribution in [3.05, 3.63) is 53.3 Å². The number of anilines is 1. The predicted molar refractivity (Wildman–Crippen MR) is 128 cm³/mol. The van der Waals surface area contributed by atoms with Crippen LogP contribution >= 0.6 is 0 Å². The summed E-state index contributed by atoms with van der Waals surface area (Å²) in [6, 6.07) is 11.0. The highest BCUT2D eigenvalue weighted by Crippen LogP contribution is 2.35. The molecule has 0 unspecified atom stereocenters. The molecule has 1 N–H and O–H groups in total. The Bertz CT molecular complexity index is 962. The zero-order valence-corrected chi connectivity index (χ0v) is 19.7. The van der Waals surface area contributed by atoms with Crippen LogP contribution in [-0.4, -0.2) is 71.1 Å². The minimum atomic E-state index is 0.00858. The van der Waals surface area contributed by atoms with Gasteiger partial charge in [-0.3, -0.25) is 4.79 Å². The molecule has 2 aromatic rings. The molecule has 2 saturated heterocycles. The number of hydrogen-bond donors (Lipinski definition) is 1. The second-order valence-corrected chi connectivity index (χ2v) is 9.89. The normalized spacial score (nSPS) is 26.6. The lowest BCUT2D eigenvalue weighted by atomic mass is 9.79. The van der Waals surface area contributed by atoms with Gasteiger partial charge in [-0.05, 0) is 57.3 Å². The van der Waals surface area contributed by atoms with Crippen molar-refractivity contribution in [3.8, 4) is 0 Å². The first-order valence-electron chi connectivity index (χ1n) is 12.3. The third-order valence-corrected chi connectivity index (χ3v) is 7.52. The Balaban J connectivity index is 1.34. The summed E-state index contributed by atoms with van der Waals surface area (Å²) in [6.45, 7) is 6.15. The van der Waals surface area contributed by atoms with Crippen LogP contribution in [0.1, 0.15) is 48.9 Å². The highest BCUT2D eigenvalue weighted by atomic mass is 16.5. The Hall–Kier alpha value is -2.51. The van der Waals surface area contributed by atoms with Gasteiger partial charge in [-0.2, -0.15) is 0 Å². The molecule has 7 heteroatoms. The van der Waals surface area contributed by atoms with E-state index in [0.717, 1.165) is 63.2 Å². The number of carbonyl (C=O) groups excluding carboxylic acids is 1. The maximum atomic E-state index is 13.9. The number of hydrogen-bond acceptors (Lipinski definition) is 6. The Morgan fingerprint density at radius 3 is 2.73 bits per heavy atom. The molecular formula is C26H35N5O2. The first kappa shape index (κ1) is 22.3. The van der Waals surface area contributed by atoms with E-state index in [2.05, 4.69) is 58.3 Å². The van der Waals surface area contributed by atoms with E-state index in [4.69, 9.17) is 9.72 Å². The van der Waals surface area contributed by atoms with E-state index in [1.54, 1.807) is 0 Å². The second kappa shape index (κ2) is 9.77. The van der Waals surface area contributed by atoms with E-state index >= 15 is 0 Å². The summed E-state index contributed by atoms with van der Waals surface area (Å²) in [5.74, 6) is 1.17. The fraction of sp³-hybridized carbons (Fsp3) is 0.577. The van der Waals surface area contributed by atoms with Crippen LogP contribution in [0.2, 0.25) is 0 Å². The number of aromatic nitrogens is 2. The van der Waals surface area contributed by atoms with Gasteiger partial charge in [-0.25, -0.2) is 9.97 Å². The van der Waals surface area contributed by atoms with E-state index in [9.17, 15) is 4.79 Å². The standard InChI is InChI=1S/C26H35N5O2/c1-18-14-20-15-27-26(28-21-9-12-33-13-10-21)29-24(20)17-31(18)25(32)22-8-11-30(2)16-23(22)19-6-4-3-5-7-19/h3-7,15,18,21-23H,8-14,16-17H2,1-2H3,(H,27,28,29)/t18-,22-,23+/m0/s1. The molecule has 0 aliphatic carbocycles. The molecule has 1 aromatic heterocycles. The number of piperidine rings is 1. The van der Waals surface area contributed by atoms with Crippen molar-refractivity contribution in [1.29, 1.82) is 0 Å². The Morgan fingerprint density at radius 1 is 1.15 bits per heavy atom. The largest absolute Gasteiger partial charge is 0.381 e. The highest BCUT2D eigenvalue weighted by molar-refractivity contribution is 5.80. The molecule has 1 aromatic carbocycles. The van der Waals surface area contributed by atoms with E-state index < -0.39 is 0 Å². The summed E-state index contributed by atoms with van der Waals surface area (Å²) >= 11 is 0. The van der Waals surface area contributed by atoms with Crippen molar-refractivity contribution in [3.63, 3.8) is 0 Å². The zero-order chi connectivity index (χ0) is 22.8. The van der Waals surface area contributed by atoms with Crippen molar-refractivity contribution in [2.24, 2.45) is 5.92 Å². The molecule has 0 spiro atoms. The lowest BCUT2D eigenvalue weighted by molar-refractivity contribution is -0.141. The molecule has 176 valence electrons. The molecule has 2 fully saturated rings. The summed E-state index contributed by atoms with van der Waals surface area (Å²) in [7, 11) is 2.15. The average Bonchev–Trinajstić information content (AvgIpc) is 2.84. The van der Waals surface area contributed by atoms with Crippen molar-refractivity contribution in [2.45, 2.75) is 57.2 Å². The number of benzene rings is 1. The Kier molecular flexibility index (Phi) is 6.60. The van der Waals surface area contributed by atoms with Gasteiger partial charge in [-0.1, -0.05) is 30.3 Å². The SMILES string of the molecule is C[C@H]1Cc2cnc(NC3CCOCC3)nc2CN1C(=O)[C@H]1CCN(C)C[C@@H]1c1ccccc1. The topological polar surface area (TPSA) is 70.6 Å². The Labute approximate surface area is 196 Å². The molecule has 4 heterocycles. The number of amides is 1. The third kappa shape index (κ3) is 4.89. The van der Waals surface area contributed by atoms with E-state index in [1.165, 1.54) is 5.56 Å². The number of likely N-dealkylation sites (tertiary alicyclic amines) is 1. The van der Waals surface area contributed by atoms with Gasteiger partial charge in [0, 0.05) is 49.9 Å². The Morgan fingerprint density at radius 2 is 1.94 bits per heavy atom. The van der Waals surface area contributed by atoms with Crippen molar-refractivity contribution < 1.29 is 9.53 Å². The first-order valence-corrected chi connectivity index (χ1v) is 12.3. The molecule has 3 atom stereocenters. The van der Waals surface area contributed by atoms with Crippen molar-refractivity contribution >= 4 is 11.9 Å². The molecule has 0 saturated carbocycles. The van der Waals surface area contributed by atoms with Crippen LogP contribution in [0.15, 0.2) is 36.5 Å². The molecule has 1 amide bonds. The first-order chi connectivity index (χ1) is 16.1. The molecule has 5 rings (SSSR count). The molecule has 7 nitrogen and oxygen atoms in total. The second-order valence-electron chi connectivity index (χ2n) is 9.89. The molecule has 0 radical (unpaired) electrons. The number of ether oxygens (including phenoxy) is 1. The van der Waals surface area contributed by atoms with Crippen LogP contribution in [0.4, 0.5) is 5.95 Å². The third-order valence-electron chi connectivity index (χ3n) is 7.52. The number of carbonyl (C=O) groups is 1. The fourth-order valence-electron chi connectivity index (χ4n) is 5.55. The van der Waals surface area contributed by atoms with Gasteiger partial charge < -0.3 is 19.9 Å². The smallest absolute Gasteiger partial charge is 0.227 e. The highest BCUT2D eigenvalue weighted by Gasteiger charge is 2.39. The van der Waals surface area contributed by atoms with Gasteiger partial charge in [0.15, 0.2) is 0 Å². The van der Waals surface area contributed by atoms with Crippen LogP contribution in [0.25, 0.3) is 0 Å². The number of nitrogens with zero attached hydrogens (tertiary/aromatic N) is 4. The maximum absolute atomic E-state index is 13.9. The minimum absolute atomic E-state index is 0.00858. The molecule has 33 heavy (non-hydrogen) atoms. The van der Waals surface area contributed by atoms with E-state index in [0.29, 0.717) is 18.5 Å². The summed E-state index contributed by atoms with van der Waals surface area (Å²) in [5.41, 5.74) is 3.40. The molecule has 0 bridgehead atoms. The molecular weight excluding hydrogens is 414 g/mol. The van der Waals surface area contributed by atoms with Crippen LogP contribution in [0.3, 0.4) is 0 Å². The summed E-state index contributed by atoms with van der Waals surface area (Å²) < 4.78 is 5.46. The maximum Gasteiger partial charge on any atom is 0.227 e. The van der Waals surface area contributed by atoms with Gasteiger partial charge in [0.25, 0.3) is 0 Å². The number of nitrogens with one attached hydrogen (secondary N) is 1. The summed E-state index contributed by atoms with van der Waals surface area (Å²) in [4.78, 5) is 27.7. The number of rotatable bonds is 4. The number of fused-ring (bicyclic) bond motifs is 1. The van der Waals surface area contributed by atoms with Crippen LogP contribution in [0, 0.1) is 5.92 Å². The van der Waals surface area contributed by atoms with Gasteiger partial charge in [0.1, 0.15) is 0 Å². The monoisotopic (exact) mass is 449 g/mol.